The molecule has 1 aliphatic rings. The molecule has 1 fully saturated rings. The zero-order valence-electron chi connectivity index (χ0n) is 26.5. The van der Waals surface area contributed by atoms with E-state index in [9.17, 15) is 9.59 Å². The second-order valence-electron chi connectivity index (χ2n) is 11.2. The number of ether oxygens (including phenoxy) is 4. The van der Waals surface area contributed by atoms with Crippen molar-refractivity contribution in [2.75, 3.05) is 34.4 Å². The minimum Gasteiger partial charge on any atom is -0.493 e. The second-order valence-corrected chi connectivity index (χ2v) is 13.2. The number of likely N-dealkylation sites (tertiary alicyclic amines) is 1. The van der Waals surface area contributed by atoms with Crippen LogP contribution in [0, 0.1) is 0 Å². The third-order valence-electron chi connectivity index (χ3n) is 8.22. The number of H-pyrrole nitrogens is 1. The van der Waals surface area contributed by atoms with Gasteiger partial charge in [-0.15, -0.1) is 11.3 Å². The second kappa shape index (κ2) is 16.4. The maximum absolute atomic E-state index is 13.5. The van der Waals surface area contributed by atoms with Gasteiger partial charge in [-0.05, 0) is 61.8 Å². The van der Waals surface area contributed by atoms with Gasteiger partial charge >= 0.3 is 11.9 Å². The van der Waals surface area contributed by atoms with E-state index in [2.05, 4.69) is 22.2 Å². The summed E-state index contributed by atoms with van der Waals surface area (Å²) in [5, 5.41) is 4.18. The van der Waals surface area contributed by atoms with Crippen molar-refractivity contribution in [1.82, 2.24) is 10.2 Å². The van der Waals surface area contributed by atoms with Gasteiger partial charge in [0.05, 0.1) is 14.2 Å². The van der Waals surface area contributed by atoms with Gasteiger partial charge in [-0.25, -0.2) is 14.6 Å². The number of carbonyl (C=O) groups is 2. The molecule has 9 nitrogen and oxygen atoms in total. The number of halogens is 2. The van der Waals surface area contributed by atoms with Gasteiger partial charge in [-0.1, -0.05) is 59.6 Å². The van der Waals surface area contributed by atoms with Crippen LogP contribution in [0.4, 0.5) is 0 Å². The highest BCUT2D eigenvalue weighted by atomic mass is 35.5. The quantitative estimate of drug-likeness (QED) is 0.149. The monoisotopic (exact) mass is 698 g/mol. The fraction of sp³-hybridized carbons (Fsp3) is 0.343. The molecule has 248 valence electrons. The van der Waals surface area contributed by atoms with Crippen LogP contribution in [0.3, 0.4) is 0 Å². The molecule has 5 rings (SSSR count). The summed E-state index contributed by atoms with van der Waals surface area (Å²) in [7, 11) is 5.15. The lowest BCUT2D eigenvalue weighted by molar-refractivity contribution is -0.377. The number of hydrogen-bond acceptors (Lipinski definition) is 9. The van der Waals surface area contributed by atoms with Crippen LogP contribution in [-0.2, 0) is 27.2 Å². The van der Waals surface area contributed by atoms with Gasteiger partial charge in [0.2, 0.25) is 0 Å². The fourth-order valence-electron chi connectivity index (χ4n) is 5.54. The summed E-state index contributed by atoms with van der Waals surface area (Å²) in [4.78, 5) is 33.2. The zero-order chi connectivity index (χ0) is 33.3. The van der Waals surface area contributed by atoms with Gasteiger partial charge in [0.25, 0.3) is 0 Å². The molecule has 3 heterocycles. The molecule has 1 aliphatic heterocycles. The standard InChI is InChI=1S/C35H37Cl2N3O6S/c1-40-15-7-10-24(40)21-45-35(42)33(22-8-5-4-6-9-22)39-18-25-12-14-32(47-25)34(41)46-30(17-26-27(36)19-38-20-28(26)37)23-11-13-29(43-2)31(16-23)44-3/h4-6,8-9,11-14,16,19-20,24,30,33,39H,7,10,15,17-18,21H2,1-3H3/p+1/t24-,30-,33?/m0/s1. The van der Waals surface area contributed by atoms with Crippen molar-refractivity contribution in [1.29, 1.82) is 0 Å². The van der Waals surface area contributed by atoms with E-state index in [-0.39, 0.29) is 18.4 Å². The van der Waals surface area contributed by atoms with Crippen molar-refractivity contribution < 1.29 is 33.5 Å². The van der Waals surface area contributed by atoms with Crippen molar-refractivity contribution in [3.05, 3.63) is 110 Å². The number of hydrogen-bond donors (Lipinski definition) is 1. The third kappa shape index (κ3) is 8.82. The smallest absolute Gasteiger partial charge is 0.348 e. The average Bonchev–Trinajstić information content (AvgIpc) is 3.74. The number of aromatic amines is 1. The van der Waals surface area contributed by atoms with Crippen LogP contribution in [0.15, 0.2) is 73.1 Å². The van der Waals surface area contributed by atoms with Gasteiger partial charge in [0.15, 0.2) is 23.9 Å². The summed E-state index contributed by atoms with van der Waals surface area (Å²) < 4.78 is 22.8. The van der Waals surface area contributed by atoms with Crippen LogP contribution in [0.5, 0.6) is 11.5 Å². The number of methoxy groups -OCH3 is 2. The molecule has 12 heteroatoms. The van der Waals surface area contributed by atoms with E-state index in [0.717, 1.165) is 29.8 Å². The van der Waals surface area contributed by atoms with Crippen molar-refractivity contribution in [2.45, 2.75) is 44.0 Å². The minimum atomic E-state index is -0.737. The first-order valence-electron chi connectivity index (χ1n) is 15.3. The largest absolute Gasteiger partial charge is 0.493 e. The Hall–Kier alpha value is -3.67. The van der Waals surface area contributed by atoms with Gasteiger partial charge in [-0.3, -0.25) is 5.32 Å². The lowest BCUT2D eigenvalue weighted by atomic mass is 10.0. The van der Waals surface area contributed by atoms with E-state index in [4.69, 9.17) is 42.1 Å². The topological polar surface area (TPSA) is 100 Å². The molecule has 1 saturated heterocycles. The molecular weight excluding hydrogens is 661 g/mol. The van der Waals surface area contributed by atoms with Crippen molar-refractivity contribution in [3.63, 3.8) is 0 Å². The molecule has 1 unspecified atom stereocenters. The molecule has 0 bridgehead atoms. The number of likely N-dealkylation sites (N-methyl/N-ethyl adjacent to an activating group) is 1. The van der Waals surface area contributed by atoms with Gasteiger partial charge in [0, 0.05) is 29.4 Å². The zero-order valence-corrected chi connectivity index (χ0v) is 28.8. The number of rotatable bonds is 14. The number of nitrogens with one attached hydrogen (secondary N) is 2. The van der Waals surface area contributed by atoms with E-state index < -0.39 is 18.1 Å². The van der Waals surface area contributed by atoms with Crippen LogP contribution in [-0.4, -0.2) is 57.3 Å². The first-order valence-corrected chi connectivity index (χ1v) is 16.9. The van der Waals surface area contributed by atoms with Gasteiger partial charge < -0.3 is 23.8 Å². The highest BCUT2D eigenvalue weighted by Crippen LogP contribution is 2.36. The van der Waals surface area contributed by atoms with E-state index >= 15 is 0 Å². The number of aromatic nitrogens is 1. The maximum atomic E-state index is 13.5. The Balaban J connectivity index is 1.30. The fourth-order valence-corrected chi connectivity index (χ4v) is 6.92. The van der Waals surface area contributed by atoms with Crippen molar-refractivity contribution >= 4 is 46.5 Å². The SMILES string of the molecule is COc1ccc([C@H](Cc2c(Cl)c[nH+]cc2Cl)OC(=O)c2ccc(CNC(C(=O)OC[C@@H]3CCCN3C)c3ccccc3)s2)cc1OC. The highest BCUT2D eigenvalue weighted by Gasteiger charge is 2.28. The first-order chi connectivity index (χ1) is 22.8. The molecule has 2 aromatic heterocycles. The summed E-state index contributed by atoms with van der Waals surface area (Å²) in [6, 6.07) is 18.0. The van der Waals surface area contributed by atoms with Crippen LogP contribution in [0.25, 0.3) is 0 Å². The van der Waals surface area contributed by atoms with E-state index in [1.807, 2.05) is 42.5 Å². The number of benzene rings is 2. The minimum absolute atomic E-state index is 0.227. The van der Waals surface area contributed by atoms with Crippen LogP contribution >= 0.6 is 34.5 Å². The Morgan fingerprint density at radius 2 is 1.74 bits per heavy atom. The number of nitrogens with zero attached hydrogens (tertiary/aromatic N) is 1. The molecule has 0 radical (unpaired) electrons. The Labute approximate surface area is 288 Å². The van der Waals surface area contributed by atoms with Gasteiger partial charge in [0.1, 0.15) is 33.7 Å². The third-order valence-corrected chi connectivity index (χ3v) is 9.96. The first kappa shape index (κ1) is 34.7. The summed E-state index contributed by atoms with van der Waals surface area (Å²) in [5.74, 6) is 0.207. The Bertz CT molecular complexity index is 1650. The van der Waals surface area contributed by atoms with Gasteiger partial charge in [-0.2, -0.15) is 0 Å². The lowest BCUT2D eigenvalue weighted by Crippen LogP contribution is -2.34. The van der Waals surface area contributed by atoms with Crippen molar-refractivity contribution in [3.8, 4) is 11.5 Å². The van der Waals surface area contributed by atoms with Crippen molar-refractivity contribution in [2.24, 2.45) is 0 Å². The molecule has 3 atom stereocenters. The number of thiophene rings is 1. The Kier molecular flexibility index (Phi) is 12.1. The molecule has 4 aromatic rings. The van der Waals surface area contributed by atoms with Crippen LogP contribution < -0.4 is 19.8 Å². The summed E-state index contributed by atoms with van der Waals surface area (Å²) in [5.41, 5.74) is 2.12. The number of esters is 2. The molecule has 2 N–H and O–H groups in total. The summed E-state index contributed by atoms with van der Waals surface area (Å²) >= 11 is 14.2. The number of carbonyl (C=O) groups excluding carboxylic acids is 2. The number of pyridine rings is 1. The van der Waals surface area contributed by atoms with Crippen LogP contribution in [0.2, 0.25) is 10.0 Å². The van der Waals surface area contributed by atoms with E-state index in [1.165, 1.54) is 11.3 Å². The molecular formula is C35H38Cl2N3O6S+. The van der Waals surface area contributed by atoms with E-state index in [1.54, 1.807) is 44.8 Å². The molecule has 47 heavy (non-hydrogen) atoms. The normalized spacial score (nSPS) is 16.0. The molecule has 2 aromatic carbocycles. The highest BCUT2D eigenvalue weighted by molar-refractivity contribution is 7.13. The Morgan fingerprint density at radius 1 is 1.00 bits per heavy atom. The predicted octanol–water partition coefficient (Wildman–Crippen LogP) is 6.50. The summed E-state index contributed by atoms with van der Waals surface area (Å²) in [6.45, 7) is 1.71. The Morgan fingerprint density at radius 3 is 2.43 bits per heavy atom. The summed E-state index contributed by atoms with van der Waals surface area (Å²) in [6.07, 6.45) is 4.85. The predicted molar refractivity (Wildman–Crippen MR) is 181 cm³/mol. The average molecular weight is 700 g/mol. The van der Waals surface area contributed by atoms with Crippen LogP contribution in [0.1, 0.15) is 56.2 Å². The lowest BCUT2D eigenvalue weighted by Gasteiger charge is -2.22. The van der Waals surface area contributed by atoms with E-state index in [0.29, 0.717) is 50.7 Å². The molecule has 0 amide bonds. The molecule has 0 saturated carbocycles. The molecule has 0 aliphatic carbocycles. The molecule has 0 spiro atoms. The maximum Gasteiger partial charge on any atom is 0.348 e.